The van der Waals surface area contributed by atoms with E-state index in [2.05, 4.69) is 34.9 Å². The van der Waals surface area contributed by atoms with Crippen molar-refractivity contribution in [3.05, 3.63) is 65.7 Å². The summed E-state index contributed by atoms with van der Waals surface area (Å²) in [6.45, 7) is 3.56. The van der Waals surface area contributed by atoms with Gasteiger partial charge < -0.3 is 15.4 Å². The van der Waals surface area contributed by atoms with Gasteiger partial charge >= 0.3 is 0 Å². The van der Waals surface area contributed by atoms with Crippen LogP contribution in [0.2, 0.25) is 0 Å². The van der Waals surface area contributed by atoms with Gasteiger partial charge in [0.1, 0.15) is 12.4 Å². The Balaban J connectivity index is 1.77. The Morgan fingerprint density at radius 3 is 2.52 bits per heavy atom. The first-order valence-corrected chi connectivity index (χ1v) is 7.49. The topological polar surface area (TPSA) is 33.3 Å². The third-order valence-electron chi connectivity index (χ3n) is 3.26. The third-order valence-corrected chi connectivity index (χ3v) is 3.26. The minimum absolute atomic E-state index is 0.611. The lowest BCUT2D eigenvalue weighted by molar-refractivity contribution is 0.306. The minimum Gasteiger partial charge on any atom is -0.489 e. The summed E-state index contributed by atoms with van der Waals surface area (Å²) in [5, 5.41) is 6.59. The van der Waals surface area contributed by atoms with Crippen molar-refractivity contribution >= 4 is 0 Å². The number of hydrogen-bond acceptors (Lipinski definition) is 3. The molecule has 112 valence electrons. The Bertz CT molecular complexity index is 514. The molecule has 3 heteroatoms. The van der Waals surface area contributed by atoms with Crippen LogP contribution in [-0.4, -0.2) is 20.1 Å². The molecule has 21 heavy (non-hydrogen) atoms. The lowest BCUT2D eigenvalue weighted by atomic mass is 10.2. The van der Waals surface area contributed by atoms with E-state index in [1.165, 1.54) is 11.1 Å². The average Bonchev–Trinajstić information content (AvgIpc) is 2.54. The zero-order chi connectivity index (χ0) is 14.8. The maximum absolute atomic E-state index is 5.84. The smallest absolute Gasteiger partial charge is 0.120 e. The van der Waals surface area contributed by atoms with E-state index < -0.39 is 0 Å². The number of benzene rings is 2. The van der Waals surface area contributed by atoms with Crippen molar-refractivity contribution in [3.8, 4) is 5.75 Å². The molecule has 0 unspecified atom stereocenters. The Morgan fingerprint density at radius 2 is 1.71 bits per heavy atom. The molecule has 0 atom stereocenters. The maximum Gasteiger partial charge on any atom is 0.120 e. The fourth-order valence-electron chi connectivity index (χ4n) is 2.11. The first-order chi connectivity index (χ1) is 10.4. The molecular formula is C18H24N2O. The first kappa shape index (κ1) is 15.5. The number of hydrogen-bond donors (Lipinski definition) is 2. The molecule has 0 bridgehead atoms. The fourth-order valence-corrected chi connectivity index (χ4v) is 2.11. The third kappa shape index (κ3) is 5.98. The second-order valence-electron chi connectivity index (χ2n) is 5.06. The van der Waals surface area contributed by atoms with Crippen LogP contribution in [0.5, 0.6) is 5.75 Å². The maximum atomic E-state index is 5.84. The van der Waals surface area contributed by atoms with E-state index in [-0.39, 0.29) is 0 Å². The molecule has 0 aromatic heterocycles. The summed E-state index contributed by atoms with van der Waals surface area (Å²) in [5.41, 5.74) is 2.44. The summed E-state index contributed by atoms with van der Waals surface area (Å²) >= 11 is 0. The molecule has 0 aliphatic carbocycles. The predicted octanol–water partition coefficient (Wildman–Crippen LogP) is 2.96. The van der Waals surface area contributed by atoms with Gasteiger partial charge in [0, 0.05) is 6.54 Å². The van der Waals surface area contributed by atoms with Crippen LogP contribution in [0.15, 0.2) is 54.6 Å². The molecule has 0 fully saturated rings. The van der Waals surface area contributed by atoms with Gasteiger partial charge in [0.15, 0.2) is 0 Å². The van der Waals surface area contributed by atoms with Gasteiger partial charge in [-0.05, 0) is 49.8 Å². The lowest BCUT2D eigenvalue weighted by Gasteiger charge is -2.09. The molecule has 0 aliphatic rings. The monoisotopic (exact) mass is 284 g/mol. The van der Waals surface area contributed by atoms with Crippen molar-refractivity contribution in [1.29, 1.82) is 0 Å². The normalized spacial score (nSPS) is 10.5. The highest BCUT2D eigenvalue weighted by atomic mass is 16.5. The second kappa shape index (κ2) is 9.16. The molecule has 2 rings (SSSR count). The van der Waals surface area contributed by atoms with Crippen LogP contribution in [-0.2, 0) is 13.2 Å². The van der Waals surface area contributed by atoms with Crippen LogP contribution in [0.4, 0.5) is 0 Å². The van der Waals surface area contributed by atoms with Gasteiger partial charge in [-0.25, -0.2) is 0 Å². The van der Waals surface area contributed by atoms with Crippen molar-refractivity contribution < 1.29 is 4.74 Å². The van der Waals surface area contributed by atoms with Crippen molar-refractivity contribution in [1.82, 2.24) is 10.6 Å². The van der Waals surface area contributed by atoms with Crippen molar-refractivity contribution in [2.24, 2.45) is 0 Å². The molecule has 2 N–H and O–H groups in total. The summed E-state index contributed by atoms with van der Waals surface area (Å²) in [4.78, 5) is 0. The fraction of sp³-hybridized carbons (Fsp3) is 0.333. The van der Waals surface area contributed by atoms with Gasteiger partial charge in [-0.15, -0.1) is 0 Å². The Hall–Kier alpha value is -1.84. The number of nitrogens with one attached hydrogen (secondary N) is 2. The van der Waals surface area contributed by atoms with E-state index in [0.29, 0.717) is 6.61 Å². The Labute approximate surface area is 127 Å². The van der Waals surface area contributed by atoms with Crippen LogP contribution in [0.1, 0.15) is 17.5 Å². The van der Waals surface area contributed by atoms with Crippen LogP contribution in [0.3, 0.4) is 0 Å². The zero-order valence-corrected chi connectivity index (χ0v) is 12.6. The lowest BCUT2D eigenvalue weighted by Crippen LogP contribution is -2.19. The minimum atomic E-state index is 0.611. The van der Waals surface area contributed by atoms with Gasteiger partial charge in [-0.2, -0.15) is 0 Å². The van der Waals surface area contributed by atoms with Gasteiger partial charge in [0.2, 0.25) is 0 Å². The van der Waals surface area contributed by atoms with Crippen LogP contribution < -0.4 is 15.4 Å². The van der Waals surface area contributed by atoms with Gasteiger partial charge in [-0.1, -0.05) is 42.5 Å². The van der Waals surface area contributed by atoms with E-state index in [1.807, 2.05) is 37.4 Å². The molecule has 0 aliphatic heterocycles. The summed E-state index contributed by atoms with van der Waals surface area (Å²) in [5.74, 6) is 0.924. The highest BCUT2D eigenvalue weighted by Crippen LogP contribution is 2.15. The summed E-state index contributed by atoms with van der Waals surface area (Å²) in [7, 11) is 1.98. The molecule has 0 heterocycles. The molecule has 0 saturated heterocycles. The zero-order valence-electron chi connectivity index (χ0n) is 12.6. The highest BCUT2D eigenvalue weighted by molar-refractivity contribution is 5.29. The standard InChI is InChI=1S/C18H24N2O/c1-19-11-6-12-20-14-17-9-5-10-18(13-17)21-15-16-7-3-2-4-8-16/h2-5,7-10,13,19-20H,6,11-12,14-15H2,1H3. The summed E-state index contributed by atoms with van der Waals surface area (Å²) in [6.07, 6.45) is 1.14. The molecular weight excluding hydrogens is 260 g/mol. The van der Waals surface area contributed by atoms with Gasteiger partial charge in [0.05, 0.1) is 0 Å². The molecule has 0 spiro atoms. The van der Waals surface area contributed by atoms with Crippen LogP contribution >= 0.6 is 0 Å². The summed E-state index contributed by atoms with van der Waals surface area (Å²) < 4.78 is 5.84. The van der Waals surface area contributed by atoms with Crippen molar-refractivity contribution in [2.75, 3.05) is 20.1 Å². The van der Waals surface area contributed by atoms with E-state index in [0.717, 1.165) is 31.8 Å². The molecule has 2 aromatic carbocycles. The van der Waals surface area contributed by atoms with E-state index in [4.69, 9.17) is 4.74 Å². The van der Waals surface area contributed by atoms with Gasteiger partial charge in [-0.3, -0.25) is 0 Å². The first-order valence-electron chi connectivity index (χ1n) is 7.49. The quantitative estimate of drug-likeness (QED) is 0.695. The van der Waals surface area contributed by atoms with Crippen molar-refractivity contribution in [3.63, 3.8) is 0 Å². The van der Waals surface area contributed by atoms with Crippen molar-refractivity contribution in [2.45, 2.75) is 19.6 Å². The number of rotatable bonds is 9. The number of ether oxygens (including phenoxy) is 1. The highest BCUT2D eigenvalue weighted by Gasteiger charge is 1.98. The SMILES string of the molecule is CNCCCNCc1cccc(OCc2ccccc2)c1. The predicted molar refractivity (Wildman–Crippen MR) is 87.5 cm³/mol. The summed E-state index contributed by atoms with van der Waals surface area (Å²) in [6, 6.07) is 18.5. The molecule has 0 radical (unpaired) electrons. The molecule has 0 amide bonds. The van der Waals surface area contributed by atoms with E-state index >= 15 is 0 Å². The van der Waals surface area contributed by atoms with Crippen LogP contribution in [0.25, 0.3) is 0 Å². The van der Waals surface area contributed by atoms with Gasteiger partial charge in [0.25, 0.3) is 0 Å². The molecule has 2 aromatic rings. The second-order valence-corrected chi connectivity index (χ2v) is 5.06. The molecule has 0 saturated carbocycles. The van der Waals surface area contributed by atoms with Crippen LogP contribution in [0, 0.1) is 0 Å². The molecule has 3 nitrogen and oxygen atoms in total. The largest absolute Gasteiger partial charge is 0.489 e. The van der Waals surface area contributed by atoms with E-state index in [1.54, 1.807) is 0 Å². The Morgan fingerprint density at radius 1 is 0.905 bits per heavy atom. The average molecular weight is 284 g/mol. The Kier molecular flexibility index (Phi) is 6.78. The van der Waals surface area contributed by atoms with E-state index in [9.17, 15) is 0 Å².